The highest BCUT2D eigenvalue weighted by Gasteiger charge is 2.32. The fourth-order valence-corrected chi connectivity index (χ4v) is 4.39. The summed E-state index contributed by atoms with van der Waals surface area (Å²) in [5, 5.41) is 10.1. The third kappa shape index (κ3) is 3.38. The van der Waals surface area contributed by atoms with Crippen molar-refractivity contribution in [3.8, 4) is 0 Å². The van der Waals surface area contributed by atoms with Crippen LogP contribution in [0.5, 0.6) is 0 Å². The average Bonchev–Trinajstić information content (AvgIpc) is 3.12. The molecule has 1 aliphatic carbocycles. The van der Waals surface area contributed by atoms with Crippen molar-refractivity contribution in [3.63, 3.8) is 0 Å². The van der Waals surface area contributed by atoms with E-state index in [2.05, 4.69) is 50.2 Å². The number of benzene rings is 1. The predicted octanol–water partition coefficient (Wildman–Crippen LogP) is 4.23. The Morgan fingerprint density at radius 2 is 1.83 bits per heavy atom. The Bertz CT molecular complexity index is 658. The first-order chi connectivity index (χ1) is 11.3. The van der Waals surface area contributed by atoms with Crippen molar-refractivity contribution in [1.82, 2.24) is 14.8 Å². The normalized spacial score (nSPS) is 17.9. The van der Waals surface area contributed by atoms with Crippen LogP contribution in [0.1, 0.15) is 37.3 Å². The van der Waals surface area contributed by atoms with Gasteiger partial charge in [-0.1, -0.05) is 23.9 Å². The largest absolute Gasteiger partial charge is 0.341 e. The van der Waals surface area contributed by atoms with Gasteiger partial charge in [-0.25, -0.2) is 0 Å². The lowest BCUT2D eigenvalue weighted by Gasteiger charge is -2.17. The zero-order valence-electron chi connectivity index (χ0n) is 13.4. The number of rotatable bonds is 6. The van der Waals surface area contributed by atoms with E-state index < -0.39 is 0 Å². The van der Waals surface area contributed by atoms with E-state index in [0.29, 0.717) is 6.04 Å². The van der Waals surface area contributed by atoms with E-state index in [-0.39, 0.29) is 0 Å². The molecule has 0 unspecified atom stereocenters. The molecular weight excluding hydrogens is 324 g/mol. The summed E-state index contributed by atoms with van der Waals surface area (Å²) in [4.78, 5) is 3.72. The minimum absolute atomic E-state index is 0.627. The molecule has 0 amide bonds. The van der Waals surface area contributed by atoms with Gasteiger partial charge in [0, 0.05) is 29.8 Å². The zero-order chi connectivity index (χ0) is 15.6. The highest BCUT2D eigenvalue weighted by atomic mass is 32.2. The molecule has 1 saturated heterocycles. The van der Waals surface area contributed by atoms with Crippen molar-refractivity contribution < 1.29 is 0 Å². The summed E-state index contributed by atoms with van der Waals surface area (Å²) in [6, 6.07) is 9.46. The molecule has 1 aliphatic heterocycles. The minimum Gasteiger partial charge on any atom is -0.341 e. The van der Waals surface area contributed by atoms with Gasteiger partial charge >= 0.3 is 0 Å². The van der Waals surface area contributed by atoms with Crippen LogP contribution in [-0.4, -0.2) is 34.1 Å². The van der Waals surface area contributed by atoms with E-state index in [0.717, 1.165) is 29.9 Å². The van der Waals surface area contributed by atoms with E-state index >= 15 is 0 Å². The van der Waals surface area contributed by atoms with E-state index in [4.69, 9.17) is 0 Å². The number of thioether (sulfide) groups is 2. The SMILES string of the molecule is CSc1ccc(CSc2nnc(N3CCCC3)n2C2CC2)cc1. The molecule has 0 atom stereocenters. The minimum atomic E-state index is 0.627. The van der Waals surface area contributed by atoms with Crippen LogP contribution in [0.15, 0.2) is 34.3 Å². The summed E-state index contributed by atoms with van der Waals surface area (Å²) in [5.41, 5.74) is 1.35. The van der Waals surface area contributed by atoms with Crippen molar-refractivity contribution >= 4 is 29.5 Å². The van der Waals surface area contributed by atoms with E-state index in [1.165, 1.54) is 36.1 Å². The standard InChI is InChI=1S/C17H22N4S2/c1-22-15-8-4-13(5-9-15)12-23-17-19-18-16(20-10-2-3-11-20)21(17)14-6-7-14/h4-5,8-9,14H,2-3,6-7,10-12H2,1H3. The Hall–Kier alpha value is -1.14. The Balaban J connectivity index is 1.49. The van der Waals surface area contributed by atoms with Crippen LogP contribution in [0.2, 0.25) is 0 Å². The van der Waals surface area contributed by atoms with Crippen LogP contribution in [0.4, 0.5) is 5.95 Å². The van der Waals surface area contributed by atoms with Gasteiger partial charge in [0.1, 0.15) is 0 Å². The fraction of sp³-hybridized carbons (Fsp3) is 0.529. The monoisotopic (exact) mass is 346 g/mol. The van der Waals surface area contributed by atoms with Gasteiger partial charge in [-0.3, -0.25) is 4.57 Å². The summed E-state index contributed by atoms with van der Waals surface area (Å²) in [6.45, 7) is 2.26. The van der Waals surface area contributed by atoms with Gasteiger partial charge in [-0.15, -0.1) is 22.0 Å². The third-order valence-electron chi connectivity index (χ3n) is 4.47. The van der Waals surface area contributed by atoms with Crippen LogP contribution in [0, 0.1) is 0 Å². The molecule has 2 aliphatic rings. The molecule has 0 bridgehead atoms. The van der Waals surface area contributed by atoms with Gasteiger partial charge < -0.3 is 4.90 Å². The van der Waals surface area contributed by atoms with Crippen LogP contribution in [-0.2, 0) is 5.75 Å². The number of aromatic nitrogens is 3. The van der Waals surface area contributed by atoms with E-state index in [9.17, 15) is 0 Å². The number of nitrogens with zero attached hydrogens (tertiary/aromatic N) is 4. The lowest BCUT2D eigenvalue weighted by atomic mass is 10.2. The molecule has 2 fully saturated rings. The smallest absolute Gasteiger partial charge is 0.228 e. The van der Waals surface area contributed by atoms with E-state index in [1.807, 2.05) is 11.8 Å². The van der Waals surface area contributed by atoms with Gasteiger partial charge in [0.25, 0.3) is 0 Å². The predicted molar refractivity (Wildman–Crippen MR) is 97.5 cm³/mol. The molecule has 2 heterocycles. The molecule has 1 aromatic carbocycles. The third-order valence-corrected chi connectivity index (χ3v) is 6.23. The molecule has 0 radical (unpaired) electrons. The Kier molecular flexibility index (Phi) is 4.53. The lowest BCUT2D eigenvalue weighted by molar-refractivity contribution is 0.651. The van der Waals surface area contributed by atoms with Gasteiger partial charge in [0.2, 0.25) is 5.95 Å². The molecule has 122 valence electrons. The molecule has 1 saturated carbocycles. The van der Waals surface area contributed by atoms with Crippen molar-refractivity contribution in [2.45, 2.75) is 47.5 Å². The topological polar surface area (TPSA) is 34.0 Å². The molecular formula is C17H22N4S2. The first-order valence-corrected chi connectivity index (χ1v) is 10.5. The quantitative estimate of drug-likeness (QED) is 0.731. The van der Waals surface area contributed by atoms with Crippen LogP contribution >= 0.6 is 23.5 Å². The molecule has 6 heteroatoms. The highest BCUT2D eigenvalue weighted by Crippen LogP contribution is 2.41. The van der Waals surface area contributed by atoms with Crippen LogP contribution in [0.25, 0.3) is 0 Å². The molecule has 23 heavy (non-hydrogen) atoms. The first-order valence-electron chi connectivity index (χ1n) is 8.31. The number of hydrogen-bond donors (Lipinski definition) is 0. The van der Waals surface area contributed by atoms with Crippen LogP contribution < -0.4 is 4.90 Å². The van der Waals surface area contributed by atoms with Gasteiger partial charge in [-0.2, -0.15) is 0 Å². The van der Waals surface area contributed by atoms with Gasteiger partial charge in [-0.05, 0) is 49.6 Å². The molecule has 2 aromatic rings. The fourth-order valence-electron chi connectivity index (χ4n) is 3.02. The number of hydrogen-bond acceptors (Lipinski definition) is 5. The summed E-state index contributed by atoms with van der Waals surface area (Å²) in [6.07, 6.45) is 7.22. The Morgan fingerprint density at radius 1 is 1.09 bits per heavy atom. The summed E-state index contributed by atoms with van der Waals surface area (Å²) in [5.74, 6) is 2.06. The second-order valence-electron chi connectivity index (χ2n) is 6.21. The van der Waals surface area contributed by atoms with Crippen LogP contribution in [0.3, 0.4) is 0 Å². The maximum Gasteiger partial charge on any atom is 0.228 e. The molecule has 0 N–H and O–H groups in total. The summed E-state index contributed by atoms with van der Waals surface area (Å²) in [7, 11) is 0. The average molecular weight is 347 g/mol. The van der Waals surface area contributed by atoms with E-state index in [1.54, 1.807) is 11.8 Å². The maximum absolute atomic E-state index is 4.51. The molecule has 4 nitrogen and oxygen atoms in total. The van der Waals surface area contributed by atoms with Gasteiger partial charge in [0.15, 0.2) is 5.16 Å². The second kappa shape index (κ2) is 6.77. The second-order valence-corrected chi connectivity index (χ2v) is 8.04. The van der Waals surface area contributed by atoms with Crippen molar-refractivity contribution in [1.29, 1.82) is 0 Å². The Morgan fingerprint density at radius 3 is 2.48 bits per heavy atom. The van der Waals surface area contributed by atoms with Gasteiger partial charge in [0.05, 0.1) is 0 Å². The highest BCUT2D eigenvalue weighted by molar-refractivity contribution is 7.98. The molecule has 1 aromatic heterocycles. The zero-order valence-corrected chi connectivity index (χ0v) is 15.1. The van der Waals surface area contributed by atoms with Crippen molar-refractivity contribution in [3.05, 3.63) is 29.8 Å². The van der Waals surface area contributed by atoms with Crippen molar-refractivity contribution in [2.75, 3.05) is 24.2 Å². The molecule has 4 rings (SSSR count). The lowest BCUT2D eigenvalue weighted by Crippen LogP contribution is -2.22. The maximum atomic E-state index is 4.51. The van der Waals surface area contributed by atoms with Crippen molar-refractivity contribution in [2.24, 2.45) is 0 Å². The number of anilines is 1. The molecule has 0 spiro atoms. The Labute approximate surface area is 146 Å². The first kappa shape index (κ1) is 15.4. The summed E-state index contributed by atoms with van der Waals surface area (Å²) >= 11 is 3.60. The summed E-state index contributed by atoms with van der Waals surface area (Å²) < 4.78 is 2.40.